The molecule has 0 aromatic carbocycles. The average molecular weight is 166 g/mol. The van der Waals surface area contributed by atoms with Gasteiger partial charge in [0.05, 0.1) is 0 Å². The van der Waals surface area contributed by atoms with Crippen LogP contribution in [-0.4, -0.2) is 22.9 Å². The number of hydrogen-bond donors (Lipinski definition) is 0. The summed E-state index contributed by atoms with van der Waals surface area (Å²) in [6.45, 7) is 6.06. The monoisotopic (exact) mass is 166 g/mol. The molecule has 0 N–H and O–H groups in total. The number of fused-ring (bicyclic) bond motifs is 1. The predicted molar refractivity (Wildman–Crippen MR) is 51.8 cm³/mol. The van der Waals surface area contributed by atoms with Crippen molar-refractivity contribution in [3.63, 3.8) is 0 Å². The van der Waals surface area contributed by atoms with Gasteiger partial charge in [-0.2, -0.15) is 0 Å². The third kappa shape index (κ3) is 1.41. The van der Waals surface area contributed by atoms with Crippen LogP contribution in [0.2, 0.25) is 0 Å². The molecular formula is C11H20N+. The van der Waals surface area contributed by atoms with E-state index in [4.69, 9.17) is 0 Å². The van der Waals surface area contributed by atoms with E-state index in [9.17, 15) is 0 Å². The second kappa shape index (κ2) is 3.20. The highest BCUT2D eigenvalue weighted by atomic mass is 15.1. The first-order valence-electron chi connectivity index (χ1n) is 5.36. The van der Waals surface area contributed by atoms with E-state index in [0.717, 1.165) is 12.0 Å². The van der Waals surface area contributed by atoms with Crippen LogP contribution in [0.15, 0.2) is 0 Å². The standard InChI is InChI=1S/C11H20N/c1-9-7-10(2)12-6-4-3-5-11(12)8-9/h9,11H,3-8H2,1-2H3/q+1/t9-,11+/m1/s1. The molecule has 0 amide bonds. The Kier molecular flexibility index (Phi) is 2.20. The Bertz CT molecular complexity index is 205. The van der Waals surface area contributed by atoms with Crippen LogP contribution in [0.25, 0.3) is 0 Å². The second-order valence-electron chi connectivity index (χ2n) is 4.62. The first-order chi connectivity index (χ1) is 5.77. The molecule has 1 nitrogen and oxygen atoms in total. The van der Waals surface area contributed by atoms with Gasteiger partial charge in [0.25, 0.3) is 0 Å². The maximum atomic E-state index is 2.67. The van der Waals surface area contributed by atoms with Crippen LogP contribution >= 0.6 is 0 Å². The Balaban J connectivity index is 2.19. The molecule has 1 heteroatoms. The summed E-state index contributed by atoms with van der Waals surface area (Å²) < 4.78 is 2.67. The topological polar surface area (TPSA) is 3.01 Å². The molecule has 2 aliphatic rings. The fourth-order valence-electron chi connectivity index (χ4n) is 2.92. The van der Waals surface area contributed by atoms with Crippen molar-refractivity contribution in [2.24, 2.45) is 5.92 Å². The van der Waals surface area contributed by atoms with Crippen LogP contribution in [0.1, 0.15) is 46.0 Å². The van der Waals surface area contributed by atoms with Gasteiger partial charge in [-0.25, -0.2) is 4.58 Å². The SMILES string of the molecule is CC1=[N+]2CCCC[C@H]2C[C@H](C)C1. The van der Waals surface area contributed by atoms with E-state index in [2.05, 4.69) is 18.4 Å². The van der Waals surface area contributed by atoms with Crippen molar-refractivity contribution < 1.29 is 4.58 Å². The molecule has 0 bridgehead atoms. The van der Waals surface area contributed by atoms with Crippen LogP contribution in [0.3, 0.4) is 0 Å². The van der Waals surface area contributed by atoms with Gasteiger partial charge in [0.2, 0.25) is 0 Å². The number of nitrogens with zero attached hydrogens (tertiary/aromatic N) is 1. The summed E-state index contributed by atoms with van der Waals surface area (Å²) in [6, 6.07) is 0.905. The molecule has 2 aliphatic heterocycles. The van der Waals surface area contributed by atoms with E-state index in [1.165, 1.54) is 38.6 Å². The highest BCUT2D eigenvalue weighted by Crippen LogP contribution is 2.26. The van der Waals surface area contributed by atoms with E-state index in [1.807, 2.05) is 0 Å². The summed E-state index contributed by atoms with van der Waals surface area (Å²) in [7, 11) is 0. The van der Waals surface area contributed by atoms with Crippen molar-refractivity contribution in [1.29, 1.82) is 0 Å². The Morgan fingerprint density at radius 3 is 3.00 bits per heavy atom. The lowest BCUT2D eigenvalue weighted by atomic mass is 9.87. The zero-order valence-electron chi connectivity index (χ0n) is 8.34. The minimum absolute atomic E-state index is 0.905. The normalized spacial score (nSPS) is 36.5. The maximum Gasteiger partial charge on any atom is 0.152 e. The minimum atomic E-state index is 0.905. The van der Waals surface area contributed by atoms with E-state index >= 15 is 0 Å². The van der Waals surface area contributed by atoms with Gasteiger partial charge in [-0.1, -0.05) is 6.92 Å². The van der Waals surface area contributed by atoms with Crippen LogP contribution in [0.4, 0.5) is 0 Å². The predicted octanol–water partition coefficient (Wildman–Crippen LogP) is 2.44. The summed E-state index contributed by atoms with van der Waals surface area (Å²) in [6.07, 6.45) is 7.11. The van der Waals surface area contributed by atoms with Crippen LogP contribution in [-0.2, 0) is 0 Å². The summed E-state index contributed by atoms with van der Waals surface area (Å²) in [4.78, 5) is 0. The molecular weight excluding hydrogens is 146 g/mol. The first-order valence-corrected chi connectivity index (χ1v) is 5.36. The molecule has 0 aromatic heterocycles. The van der Waals surface area contributed by atoms with Gasteiger partial charge in [-0.15, -0.1) is 0 Å². The third-order valence-electron chi connectivity index (χ3n) is 3.44. The van der Waals surface area contributed by atoms with Gasteiger partial charge < -0.3 is 0 Å². The molecule has 0 spiro atoms. The van der Waals surface area contributed by atoms with Crippen LogP contribution in [0, 0.1) is 5.92 Å². The molecule has 12 heavy (non-hydrogen) atoms. The van der Waals surface area contributed by atoms with Gasteiger partial charge in [0.15, 0.2) is 6.04 Å². The van der Waals surface area contributed by atoms with Gasteiger partial charge in [0.1, 0.15) is 12.3 Å². The van der Waals surface area contributed by atoms with Crippen molar-refractivity contribution in [1.82, 2.24) is 0 Å². The summed E-state index contributed by atoms with van der Waals surface area (Å²) in [5.74, 6) is 0.935. The Labute approximate surface area is 75.5 Å². The van der Waals surface area contributed by atoms with E-state index in [0.29, 0.717) is 0 Å². The lowest BCUT2D eigenvalue weighted by molar-refractivity contribution is -0.584. The molecule has 2 heterocycles. The molecule has 2 atom stereocenters. The molecule has 0 aliphatic carbocycles. The van der Waals surface area contributed by atoms with Crippen LogP contribution < -0.4 is 0 Å². The Hall–Kier alpha value is -0.330. The second-order valence-corrected chi connectivity index (χ2v) is 4.62. The van der Waals surface area contributed by atoms with Gasteiger partial charge in [-0.3, -0.25) is 0 Å². The average Bonchev–Trinajstić information content (AvgIpc) is 2.04. The molecule has 1 saturated heterocycles. The number of rotatable bonds is 0. The molecule has 0 aromatic rings. The van der Waals surface area contributed by atoms with Crippen molar-refractivity contribution in [2.45, 2.75) is 52.0 Å². The van der Waals surface area contributed by atoms with Gasteiger partial charge >= 0.3 is 0 Å². The van der Waals surface area contributed by atoms with E-state index in [1.54, 1.807) is 5.71 Å². The zero-order chi connectivity index (χ0) is 8.55. The lowest BCUT2D eigenvalue weighted by Crippen LogP contribution is -2.40. The molecule has 2 rings (SSSR count). The first kappa shape index (κ1) is 8.28. The van der Waals surface area contributed by atoms with E-state index in [-0.39, 0.29) is 0 Å². The minimum Gasteiger partial charge on any atom is -0.235 e. The molecule has 0 saturated carbocycles. The van der Waals surface area contributed by atoms with Gasteiger partial charge in [-0.05, 0) is 12.3 Å². The molecule has 0 unspecified atom stereocenters. The lowest BCUT2D eigenvalue weighted by Gasteiger charge is -2.29. The zero-order valence-corrected chi connectivity index (χ0v) is 8.34. The quantitative estimate of drug-likeness (QED) is 0.486. The van der Waals surface area contributed by atoms with Crippen molar-refractivity contribution >= 4 is 5.71 Å². The Morgan fingerprint density at radius 2 is 2.17 bits per heavy atom. The smallest absolute Gasteiger partial charge is 0.152 e. The summed E-state index contributed by atoms with van der Waals surface area (Å²) >= 11 is 0. The van der Waals surface area contributed by atoms with E-state index < -0.39 is 0 Å². The maximum absolute atomic E-state index is 2.67. The summed E-state index contributed by atoms with van der Waals surface area (Å²) in [5.41, 5.74) is 1.65. The van der Waals surface area contributed by atoms with Crippen molar-refractivity contribution in [3.05, 3.63) is 0 Å². The fourth-order valence-corrected chi connectivity index (χ4v) is 2.92. The number of hydrogen-bond acceptors (Lipinski definition) is 0. The molecule has 1 fully saturated rings. The fraction of sp³-hybridized carbons (Fsp3) is 0.909. The van der Waals surface area contributed by atoms with Crippen molar-refractivity contribution in [3.8, 4) is 0 Å². The molecule has 0 radical (unpaired) electrons. The molecule has 68 valence electrons. The van der Waals surface area contributed by atoms with Crippen molar-refractivity contribution in [2.75, 3.05) is 6.54 Å². The largest absolute Gasteiger partial charge is 0.235 e. The number of piperidine rings is 1. The highest BCUT2D eigenvalue weighted by molar-refractivity contribution is 5.77. The highest BCUT2D eigenvalue weighted by Gasteiger charge is 2.33. The van der Waals surface area contributed by atoms with Crippen LogP contribution in [0.5, 0.6) is 0 Å². The Morgan fingerprint density at radius 1 is 1.33 bits per heavy atom. The third-order valence-corrected chi connectivity index (χ3v) is 3.44. The van der Waals surface area contributed by atoms with Gasteiger partial charge in [0, 0.05) is 32.6 Å². The summed E-state index contributed by atoms with van der Waals surface area (Å²) in [5, 5.41) is 0.